The Hall–Kier alpha value is -1.06. The van der Waals surface area contributed by atoms with Gasteiger partial charge in [-0.1, -0.05) is 20.8 Å². The molecule has 0 saturated carbocycles. The molecule has 1 aliphatic heterocycles. The summed E-state index contributed by atoms with van der Waals surface area (Å²) in [5, 5.41) is 9.45. The molecule has 0 aromatic rings. The van der Waals surface area contributed by atoms with E-state index in [1.165, 1.54) is 0 Å². The van der Waals surface area contributed by atoms with Gasteiger partial charge in [0.15, 0.2) is 8.32 Å². The average molecular weight is 327 g/mol. The highest BCUT2D eigenvalue weighted by atomic mass is 28.4. The summed E-state index contributed by atoms with van der Waals surface area (Å²) in [4.78, 5) is 13.8. The Morgan fingerprint density at radius 2 is 1.73 bits per heavy atom. The average Bonchev–Trinajstić information content (AvgIpc) is 2.67. The molecule has 1 amide bonds. The highest BCUT2D eigenvalue weighted by molar-refractivity contribution is 6.74. The zero-order chi connectivity index (χ0) is 17.3. The lowest BCUT2D eigenvalue weighted by Gasteiger charge is -2.38. The fourth-order valence-corrected chi connectivity index (χ4v) is 3.40. The molecule has 6 heteroatoms. The van der Waals surface area contributed by atoms with Gasteiger partial charge in [0.2, 0.25) is 0 Å². The molecule has 0 aliphatic carbocycles. The molecule has 0 aromatic heterocycles. The van der Waals surface area contributed by atoms with Gasteiger partial charge >= 0.3 is 6.09 Å². The van der Waals surface area contributed by atoms with Crippen LogP contribution in [0.3, 0.4) is 0 Å². The van der Waals surface area contributed by atoms with Gasteiger partial charge in [0.1, 0.15) is 5.60 Å². The Kier molecular flexibility index (Phi) is 5.36. The van der Waals surface area contributed by atoms with Crippen LogP contribution in [0.15, 0.2) is 0 Å². The van der Waals surface area contributed by atoms with E-state index in [4.69, 9.17) is 9.16 Å². The molecule has 1 rings (SSSR count). The number of hydrogen-bond acceptors (Lipinski definition) is 4. The Morgan fingerprint density at radius 1 is 1.18 bits per heavy atom. The molecule has 0 spiro atoms. The lowest BCUT2D eigenvalue weighted by Crippen LogP contribution is -2.46. The van der Waals surface area contributed by atoms with Gasteiger partial charge < -0.3 is 14.1 Å². The summed E-state index contributed by atoms with van der Waals surface area (Å²) in [6.07, 6.45) is -0.590. The minimum atomic E-state index is -1.97. The van der Waals surface area contributed by atoms with Crippen molar-refractivity contribution in [3.8, 4) is 6.07 Å². The predicted octanol–water partition coefficient (Wildman–Crippen LogP) is 3.77. The first-order valence-electron chi connectivity index (χ1n) is 7.82. The van der Waals surface area contributed by atoms with E-state index < -0.39 is 13.9 Å². The molecule has 1 aliphatic rings. The Labute approximate surface area is 135 Å². The van der Waals surface area contributed by atoms with Gasteiger partial charge in [0.05, 0.1) is 24.6 Å². The second kappa shape index (κ2) is 6.21. The Bertz CT molecular complexity index is 457. The van der Waals surface area contributed by atoms with Crippen LogP contribution < -0.4 is 0 Å². The predicted molar refractivity (Wildman–Crippen MR) is 89.0 cm³/mol. The highest BCUT2D eigenvalue weighted by Gasteiger charge is 2.45. The molecule has 1 heterocycles. The smallest absolute Gasteiger partial charge is 0.410 e. The summed E-state index contributed by atoms with van der Waals surface area (Å²) < 4.78 is 11.7. The molecule has 1 saturated heterocycles. The van der Waals surface area contributed by atoms with E-state index in [0.717, 1.165) is 0 Å². The molecular formula is C16H30N2O3Si. The molecule has 0 N–H and O–H groups in total. The summed E-state index contributed by atoms with van der Waals surface area (Å²) in [6, 6.07) is 2.28. The number of hydrogen-bond donors (Lipinski definition) is 0. The molecule has 0 radical (unpaired) electrons. The number of carbonyl (C=O) groups excluding carboxylic acids is 1. The number of rotatable bonds is 2. The van der Waals surface area contributed by atoms with Crippen LogP contribution in [0, 0.1) is 17.2 Å². The van der Waals surface area contributed by atoms with E-state index in [1.807, 2.05) is 20.8 Å². The van der Waals surface area contributed by atoms with Crippen molar-refractivity contribution in [2.75, 3.05) is 13.1 Å². The Morgan fingerprint density at radius 3 is 2.14 bits per heavy atom. The number of ether oxygens (including phenoxy) is 1. The third-order valence-electron chi connectivity index (χ3n) is 4.34. The molecule has 0 aromatic carbocycles. The van der Waals surface area contributed by atoms with E-state index in [-0.39, 0.29) is 23.2 Å². The van der Waals surface area contributed by atoms with Crippen molar-refractivity contribution < 1.29 is 14.0 Å². The van der Waals surface area contributed by atoms with Gasteiger partial charge in [0.25, 0.3) is 0 Å². The zero-order valence-corrected chi connectivity index (χ0v) is 16.2. The van der Waals surface area contributed by atoms with Crippen LogP contribution in [-0.4, -0.2) is 44.1 Å². The molecule has 5 nitrogen and oxygen atoms in total. The van der Waals surface area contributed by atoms with Crippen molar-refractivity contribution in [2.45, 2.75) is 71.4 Å². The molecule has 2 atom stereocenters. The Balaban J connectivity index is 2.79. The van der Waals surface area contributed by atoms with Gasteiger partial charge in [-0.2, -0.15) is 5.26 Å². The van der Waals surface area contributed by atoms with Crippen molar-refractivity contribution in [3.05, 3.63) is 0 Å². The third-order valence-corrected chi connectivity index (χ3v) is 8.84. The van der Waals surface area contributed by atoms with Gasteiger partial charge in [-0.05, 0) is 38.9 Å². The maximum Gasteiger partial charge on any atom is 0.410 e. The molecule has 0 unspecified atom stereocenters. The highest BCUT2D eigenvalue weighted by Crippen LogP contribution is 2.39. The van der Waals surface area contributed by atoms with Crippen molar-refractivity contribution in [1.82, 2.24) is 4.90 Å². The van der Waals surface area contributed by atoms with Crippen LogP contribution in [0.5, 0.6) is 0 Å². The minimum Gasteiger partial charge on any atom is -0.444 e. The van der Waals surface area contributed by atoms with E-state index in [2.05, 4.69) is 39.9 Å². The van der Waals surface area contributed by atoms with E-state index in [0.29, 0.717) is 13.1 Å². The number of likely N-dealkylation sites (tertiary alicyclic amines) is 1. The second-order valence-electron chi connectivity index (χ2n) is 8.54. The van der Waals surface area contributed by atoms with Crippen LogP contribution in [0.25, 0.3) is 0 Å². The standard InChI is InChI=1S/C16H30N2O3Si/c1-15(2,3)20-14(19)18-10-12(9-17)13(11-18)21-22(7,8)16(4,5)6/h12-13H,10-11H2,1-8H3/t12-,13+/m1/s1. The number of amides is 1. The summed E-state index contributed by atoms with van der Waals surface area (Å²) in [5.41, 5.74) is -0.530. The summed E-state index contributed by atoms with van der Waals surface area (Å²) in [6.45, 7) is 17.2. The van der Waals surface area contributed by atoms with Gasteiger partial charge in [-0.15, -0.1) is 0 Å². The normalized spacial score (nSPS) is 23.3. The molecule has 1 fully saturated rings. The zero-order valence-electron chi connectivity index (χ0n) is 15.2. The SMILES string of the molecule is CC(C)(C)OC(=O)N1C[C@@H](C#N)[C@@H](O[Si](C)(C)C(C)(C)C)C1. The minimum absolute atomic E-state index is 0.0757. The maximum absolute atomic E-state index is 12.2. The quantitative estimate of drug-likeness (QED) is 0.725. The van der Waals surface area contributed by atoms with Crippen molar-refractivity contribution >= 4 is 14.4 Å². The molecular weight excluding hydrogens is 296 g/mol. The van der Waals surface area contributed by atoms with Crippen LogP contribution >= 0.6 is 0 Å². The first kappa shape index (κ1) is 19.0. The van der Waals surface area contributed by atoms with Crippen molar-refractivity contribution in [1.29, 1.82) is 5.26 Å². The van der Waals surface area contributed by atoms with Gasteiger partial charge in [-0.3, -0.25) is 0 Å². The fraction of sp³-hybridized carbons (Fsp3) is 0.875. The lowest BCUT2D eigenvalue weighted by atomic mass is 10.1. The van der Waals surface area contributed by atoms with E-state index in [1.54, 1.807) is 4.90 Å². The monoisotopic (exact) mass is 326 g/mol. The summed E-state index contributed by atoms with van der Waals surface area (Å²) in [5.74, 6) is -0.290. The van der Waals surface area contributed by atoms with E-state index in [9.17, 15) is 10.1 Å². The maximum atomic E-state index is 12.2. The topological polar surface area (TPSA) is 62.6 Å². The van der Waals surface area contributed by atoms with E-state index >= 15 is 0 Å². The third kappa shape index (κ3) is 4.72. The molecule has 22 heavy (non-hydrogen) atoms. The van der Waals surface area contributed by atoms with Crippen molar-refractivity contribution in [3.63, 3.8) is 0 Å². The largest absolute Gasteiger partial charge is 0.444 e. The van der Waals surface area contributed by atoms with Crippen LogP contribution in [0.1, 0.15) is 41.5 Å². The van der Waals surface area contributed by atoms with Crippen LogP contribution in [0.2, 0.25) is 18.1 Å². The lowest BCUT2D eigenvalue weighted by molar-refractivity contribution is 0.0272. The number of nitrogens with zero attached hydrogens (tertiary/aromatic N) is 2. The van der Waals surface area contributed by atoms with Crippen LogP contribution in [-0.2, 0) is 9.16 Å². The van der Waals surface area contributed by atoms with Gasteiger partial charge in [-0.25, -0.2) is 4.79 Å². The first-order chi connectivity index (χ1) is 9.77. The number of carbonyl (C=O) groups is 1. The van der Waals surface area contributed by atoms with Crippen LogP contribution in [0.4, 0.5) is 4.79 Å². The summed E-state index contributed by atoms with van der Waals surface area (Å²) >= 11 is 0. The summed E-state index contributed by atoms with van der Waals surface area (Å²) in [7, 11) is -1.97. The first-order valence-corrected chi connectivity index (χ1v) is 10.7. The molecule has 0 bridgehead atoms. The number of nitriles is 1. The second-order valence-corrected chi connectivity index (χ2v) is 13.3. The fourth-order valence-electron chi connectivity index (χ4n) is 2.05. The van der Waals surface area contributed by atoms with Crippen molar-refractivity contribution in [2.24, 2.45) is 5.92 Å². The van der Waals surface area contributed by atoms with Gasteiger partial charge in [0, 0.05) is 6.54 Å². The molecule has 126 valence electrons.